The molecule has 0 spiro atoms. The van der Waals surface area contributed by atoms with Crippen LogP contribution < -0.4 is 5.32 Å². The van der Waals surface area contributed by atoms with Crippen molar-refractivity contribution in [2.45, 2.75) is 32.2 Å². The molecule has 2 aliphatic rings. The zero-order chi connectivity index (χ0) is 16.7. The second-order valence-electron chi connectivity index (χ2n) is 6.47. The molecule has 23 heavy (non-hydrogen) atoms. The molecule has 2 fully saturated rings. The van der Waals surface area contributed by atoms with E-state index in [9.17, 15) is 9.59 Å². The van der Waals surface area contributed by atoms with E-state index >= 15 is 0 Å². The topological polar surface area (TPSA) is 55.9 Å². The summed E-state index contributed by atoms with van der Waals surface area (Å²) in [6, 6.07) is 0.373. The number of amides is 2. The molecule has 6 heteroatoms. The number of piperazine rings is 1. The molecule has 128 valence electrons. The van der Waals surface area contributed by atoms with Gasteiger partial charge in [0.2, 0.25) is 11.8 Å². The van der Waals surface area contributed by atoms with E-state index in [-0.39, 0.29) is 18.4 Å². The van der Waals surface area contributed by atoms with Crippen LogP contribution >= 0.6 is 0 Å². The smallest absolute Gasteiger partial charge is 0.236 e. The van der Waals surface area contributed by atoms with Crippen molar-refractivity contribution in [3.8, 4) is 12.3 Å². The standard InChI is InChI=1S/C17H28N4O2/c1-3-7-18-16(22)13-19-9-11-20(12-10-19)14-17(23)21-8-5-4-6-15(21)2/h1,15H,4-14H2,2H3,(H,18,22)/t15-/m0/s1. The van der Waals surface area contributed by atoms with Crippen LogP contribution in [-0.2, 0) is 9.59 Å². The van der Waals surface area contributed by atoms with Crippen molar-refractivity contribution in [3.05, 3.63) is 0 Å². The zero-order valence-electron chi connectivity index (χ0n) is 14.1. The minimum absolute atomic E-state index is 0.0328. The Labute approximate surface area is 139 Å². The number of carbonyl (C=O) groups excluding carboxylic acids is 2. The van der Waals surface area contributed by atoms with Gasteiger partial charge in [-0.15, -0.1) is 6.42 Å². The Morgan fingerprint density at radius 2 is 1.74 bits per heavy atom. The highest BCUT2D eigenvalue weighted by molar-refractivity contribution is 5.79. The fourth-order valence-corrected chi connectivity index (χ4v) is 3.26. The molecule has 0 aromatic heterocycles. The summed E-state index contributed by atoms with van der Waals surface area (Å²) < 4.78 is 0. The summed E-state index contributed by atoms with van der Waals surface area (Å²) in [5, 5.41) is 2.68. The average Bonchev–Trinajstić information content (AvgIpc) is 2.55. The van der Waals surface area contributed by atoms with Gasteiger partial charge in [-0.2, -0.15) is 0 Å². The van der Waals surface area contributed by atoms with E-state index < -0.39 is 0 Å². The predicted octanol–water partition coefficient (Wildman–Crippen LogP) is -0.246. The summed E-state index contributed by atoms with van der Waals surface area (Å²) >= 11 is 0. The second kappa shape index (κ2) is 8.90. The molecule has 0 saturated carbocycles. The molecule has 6 nitrogen and oxygen atoms in total. The number of nitrogens with one attached hydrogen (secondary N) is 1. The van der Waals surface area contributed by atoms with Gasteiger partial charge in [-0.25, -0.2) is 0 Å². The summed E-state index contributed by atoms with van der Waals surface area (Å²) in [5.74, 6) is 2.61. The Morgan fingerprint density at radius 1 is 1.09 bits per heavy atom. The lowest BCUT2D eigenvalue weighted by atomic mass is 10.0. The third-order valence-electron chi connectivity index (χ3n) is 4.70. The minimum Gasteiger partial charge on any atom is -0.344 e. The fraction of sp³-hybridized carbons (Fsp3) is 0.765. The van der Waals surface area contributed by atoms with E-state index in [0.29, 0.717) is 19.1 Å². The molecule has 1 N–H and O–H groups in total. The maximum atomic E-state index is 12.4. The third kappa shape index (κ3) is 5.52. The molecule has 0 bridgehead atoms. The molecule has 2 saturated heterocycles. The Balaban J connectivity index is 1.69. The molecule has 2 heterocycles. The lowest BCUT2D eigenvalue weighted by molar-refractivity contribution is -0.136. The number of nitrogens with zero attached hydrogens (tertiary/aromatic N) is 3. The van der Waals surface area contributed by atoms with Crippen LogP contribution in [0.3, 0.4) is 0 Å². The van der Waals surface area contributed by atoms with E-state index in [0.717, 1.165) is 45.6 Å². The van der Waals surface area contributed by atoms with Crippen LogP contribution in [0.5, 0.6) is 0 Å². The lowest BCUT2D eigenvalue weighted by Crippen LogP contribution is -2.53. The molecule has 0 aromatic carbocycles. The van der Waals surface area contributed by atoms with Crippen molar-refractivity contribution < 1.29 is 9.59 Å². The molecule has 1 atom stereocenters. The van der Waals surface area contributed by atoms with E-state index in [4.69, 9.17) is 6.42 Å². The zero-order valence-corrected chi connectivity index (χ0v) is 14.1. The molecular weight excluding hydrogens is 292 g/mol. The van der Waals surface area contributed by atoms with Gasteiger partial charge in [0.1, 0.15) is 0 Å². The summed E-state index contributed by atoms with van der Waals surface area (Å²) in [6.07, 6.45) is 8.59. The SMILES string of the molecule is C#CCNC(=O)CN1CCN(CC(=O)N2CCCC[C@@H]2C)CC1. The largest absolute Gasteiger partial charge is 0.344 e. The van der Waals surface area contributed by atoms with Gasteiger partial charge in [0, 0.05) is 38.8 Å². The molecule has 2 aliphatic heterocycles. The van der Waals surface area contributed by atoms with Gasteiger partial charge >= 0.3 is 0 Å². The van der Waals surface area contributed by atoms with Gasteiger partial charge in [-0.05, 0) is 26.2 Å². The summed E-state index contributed by atoms with van der Waals surface area (Å²) in [5.41, 5.74) is 0. The van der Waals surface area contributed by atoms with Crippen LogP contribution in [0.15, 0.2) is 0 Å². The van der Waals surface area contributed by atoms with Crippen molar-refractivity contribution in [1.29, 1.82) is 0 Å². The van der Waals surface area contributed by atoms with Crippen molar-refractivity contribution >= 4 is 11.8 Å². The van der Waals surface area contributed by atoms with Gasteiger partial charge in [0.25, 0.3) is 0 Å². The molecule has 0 aromatic rings. The van der Waals surface area contributed by atoms with Gasteiger partial charge < -0.3 is 10.2 Å². The van der Waals surface area contributed by atoms with Crippen molar-refractivity contribution in [2.75, 3.05) is 52.4 Å². The van der Waals surface area contributed by atoms with Gasteiger partial charge in [-0.1, -0.05) is 5.92 Å². The van der Waals surface area contributed by atoms with Crippen LogP contribution in [0, 0.1) is 12.3 Å². The number of piperidine rings is 1. The molecule has 0 radical (unpaired) electrons. The Bertz CT molecular complexity index is 452. The van der Waals surface area contributed by atoms with Crippen LogP contribution in [0.25, 0.3) is 0 Å². The Kier molecular flexibility index (Phi) is 6.87. The van der Waals surface area contributed by atoms with Crippen LogP contribution in [0.4, 0.5) is 0 Å². The summed E-state index contributed by atoms with van der Waals surface area (Å²) in [4.78, 5) is 30.4. The van der Waals surface area contributed by atoms with E-state index in [1.165, 1.54) is 6.42 Å². The minimum atomic E-state index is -0.0328. The normalized spacial score (nSPS) is 23.3. The summed E-state index contributed by atoms with van der Waals surface area (Å²) in [7, 11) is 0. The molecule has 2 rings (SSSR count). The highest BCUT2D eigenvalue weighted by Gasteiger charge is 2.26. The quantitative estimate of drug-likeness (QED) is 0.710. The third-order valence-corrected chi connectivity index (χ3v) is 4.70. The monoisotopic (exact) mass is 320 g/mol. The maximum Gasteiger partial charge on any atom is 0.236 e. The highest BCUT2D eigenvalue weighted by atomic mass is 16.2. The van der Waals surface area contributed by atoms with E-state index in [1.54, 1.807) is 0 Å². The number of rotatable bonds is 5. The number of likely N-dealkylation sites (tertiary alicyclic amines) is 1. The predicted molar refractivity (Wildman–Crippen MR) is 89.7 cm³/mol. The summed E-state index contributed by atoms with van der Waals surface area (Å²) in [6.45, 7) is 7.49. The Hall–Kier alpha value is -1.58. The van der Waals surface area contributed by atoms with Gasteiger partial charge in [-0.3, -0.25) is 19.4 Å². The van der Waals surface area contributed by atoms with Crippen LogP contribution in [0.1, 0.15) is 26.2 Å². The molecule has 0 unspecified atom stereocenters. The van der Waals surface area contributed by atoms with E-state index in [1.807, 2.05) is 4.90 Å². The molecule has 0 aliphatic carbocycles. The number of hydrogen-bond donors (Lipinski definition) is 1. The number of carbonyl (C=O) groups is 2. The average molecular weight is 320 g/mol. The second-order valence-corrected chi connectivity index (χ2v) is 6.47. The van der Waals surface area contributed by atoms with Crippen LogP contribution in [0.2, 0.25) is 0 Å². The first-order chi connectivity index (χ1) is 11.1. The first-order valence-electron chi connectivity index (χ1n) is 8.54. The maximum absolute atomic E-state index is 12.4. The van der Waals surface area contributed by atoms with Crippen LogP contribution in [-0.4, -0.2) is 84.9 Å². The fourth-order valence-electron chi connectivity index (χ4n) is 3.26. The first-order valence-corrected chi connectivity index (χ1v) is 8.54. The van der Waals surface area contributed by atoms with Crippen molar-refractivity contribution in [3.63, 3.8) is 0 Å². The number of hydrogen-bond acceptors (Lipinski definition) is 4. The molecule has 2 amide bonds. The van der Waals surface area contributed by atoms with Gasteiger partial charge in [0.05, 0.1) is 19.6 Å². The molecular formula is C17H28N4O2. The van der Waals surface area contributed by atoms with Crippen molar-refractivity contribution in [2.24, 2.45) is 0 Å². The number of terminal acetylenes is 1. The lowest BCUT2D eigenvalue weighted by Gasteiger charge is -2.37. The van der Waals surface area contributed by atoms with E-state index in [2.05, 4.69) is 28.0 Å². The Morgan fingerprint density at radius 3 is 2.35 bits per heavy atom. The van der Waals surface area contributed by atoms with Crippen molar-refractivity contribution in [1.82, 2.24) is 20.0 Å². The highest BCUT2D eigenvalue weighted by Crippen LogP contribution is 2.16. The first kappa shape index (κ1) is 17.8. The van der Waals surface area contributed by atoms with Gasteiger partial charge in [0.15, 0.2) is 0 Å².